The Morgan fingerprint density at radius 2 is 1.79 bits per heavy atom. The molecule has 1 aromatic carbocycles. The maximum Gasteiger partial charge on any atom is 0.255 e. The van der Waals surface area contributed by atoms with E-state index >= 15 is 0 Å². The predicted octanol–water partition coefficient (Wildman–Crippen LogP) is 0.998. The normalized spacial score (nSPS) is 25.5. The van der Waals surface area contributed by atoms with Crippen LogP contribution in [0.25, 0.3) is 0 Å². The van der Waals surface area contributed by atoms with Gasteiger partial charge in [0.25, 0.3) is 5.91 Å². The summed E-state index contributed by atoms with van der Waals surface area (Å²) in [5.74, 6) is 0.445. The number of hydrogen-bond acceptors (Lipinski definition) is 5. The van der Waals surface area contributed by atoms with Gasteiger partial charge in [-0.25, -0.2) is 8.42 Å². The second kappa shape index (κ2) is 7.72. The highest BCUT2D eigenvalue weighted by Gasteiger charge is 2.41. The molecule has 158 valence electrons. The fraction of sp³-hybridized carbons (Fsp3) is 0.619. The first-order chi connectivity index (χ1) is 13.8. The maximum absolute atomic E-state index is 13.4. The van der Waals surface area contributed by atoms with Crippen molar-refractivity contribution in [1.29, 1.82) is 0 Å². The Bertz CT molecular complexity index is 906. The Kier molecular flexibility index (Phi) is 5.42. The van der Waals surface area contributed by atoms with Crippen molar-refractivity contribution in [1.82, 2.24) is 14.7 Å². The second-order valence-corrected chi connectivity index (χ2v) is 10.9. The average Bonchev–Trinajstić information content (AvgIpc) is 3.22. The first kappa shape index (κ1) is 20.3. The van der Waals surface area contributed by atoms with Crippen LogP contribution in [-0.2, 0) is 21.2 Å². The van der Waals surface area contributed by atoms with Gasteiger partial charge in [0.1, 0.15) is 6.04 Å². The minimum atomic E-state index is -2.91. The molecule has 0 aromatic heterocycles. The van der Waals surface area contributed by atoms with Gasteiger partial charge in [-0.05, 0) is 24.0 Å². The largest absolute Gasteiger partial charge is 0.338 e. The molecule has 0 spiro atoms. The molecule has 4 rings (SSSR count). The molecule has 8 heteroatoms. The number of carbonyl (C=O) groups is 2. The average molecular weight is 420 g/mol. The quantitative estimate of drug-likeness (QED) is 0.728. The number of hydrogen-bond donors (Lipinski definition) is 0. The van der Waals surface area contributed by atoms with Crippen LogP contribution in [0.1, 0.15) is 36.2 Å². The molecule has 3 aliphatic heterocycles. The van der Waals surface area contributed by atoms with E-state index in [0.717, 1.165) is 5.56 Å². The highest BCUT2D eigenvalue weighted by Crippen LogP contribution is 2.28. The van der Waals surface area contributed by atoms with Crippen LogP contribution in [0.2, 0.25) is 0 Å². The summed E-state index contributed by atoms with van der Waals surface area (Å²) < 4.78 is 23.5. The lowest BCUT2D eigenvalue weighted by molar-refractivity contribution is -0.139. The van der Waals surface area contributed by atoms with Gasteiger partial charge in [-0.15, -0.1) is 0 Å². The predicted molar refractivity (Wildman–Crippen MR) is 110 cm³/mol. The molecule has 0 bridgehead atoms. The van der Waals surface area contributed by atoms with Crippen molar-refractivity contribution in [3.63, 3.8) is 0 Å². The van der Waals surface area contributed by atoms with Gasteiger partial charge >= 0.3 is 0 Å². The van der Waals surface area contributed by atoms with Crippen molar-refractivity contribution in [3.05, 3.63) is 35.4 Å². The molecule has 3 heterocycles. The lowest BCUT2D eigenvalue weighted by atomic mass is 10.0. The number of rotatable bonds is 4. The number of carbonyl (C=O) groups excluding carboxylic acids is 2. The van der Waals surface area contributed by atoms with E-state index in [1.54, 1.807) is 4.90 Å². The topological polar surface area (TPSA) is 78.0 Å². The van der Waals surface area contributed by atoms with Gasteiger partial charge in [0.2, 0.25) is 5.91 Å². The summed E-state index contributed by atoms with van der Waals surface area (Å²) in [5, 5.41) is 0. The van der Waals surface area contributed by atoms with Crippen molar-refractivity contribution in [3.8, 4) is 0 Å². The molecule has 2 atom stereocenters. The molecule has 2 saturated heterocycles. The Hall–Kier alpha value is -1.93. The van der Waals surface area contributed by atoms with E-state index in [2.05, 4.69) is 4.90 Å². The first-order valence-electron chi connectivity index (χ1n) is 10.4. The number of fused-ring (bicyclic) bond motifs is 1. The number of nitrogens with zero attached hydrogens (tertiary/aromatic N) is 3. The Morgan fingerprint density at radius 3 is 2.38 bits per heavy atom. The molecule has 2 amide bonds. The van der Waals surface area contributed by atoms with Crippen molar-refractivity contribution >= 4 is 21.7 Å². The molecule has 1 aromatic rings. The minimum absolute atomic E-state index is 0.000139. The van der Waals surface area contributed by atoms with E-state index in [9.17, 15) is 18.0 Å². The highest BCUT2D eigenvalue weighted by molar-refractivity contribution is 7.91. The van der Waals surface area contributed by atoms with Crippen LogP contribution in [-0.4, -0.2) is 84.7 Å². The zero-order valence-electron chi connectivity index (χ0n) is 17.1. The monoisotopic (exact) mass is 419 g/mol. The molecule has 29 heavy (non-hydrogen) atoms. The fourth-order valence-corrected chi connectivity index (χ4v) is 6.60. The first-order valence-corrected chi connectivity index (χ1v) is 12.2. The summed E-state index contributed by atoms with van der Waals surface area (Å²) in [5.41, 5.74) is 1.67. The third kappa shape index (κ3) is 3.92. The Balaban J connectivity index is 1.42. The Labute approximate surface area is 172 Å². The van der Waals surface area contributed by atoms with E-state index in [0.29, 0.717) is 44.7 Å². The maximum atomic E-state index is 13.4. The molecule has 0 radical (unpaired) electrons. The zero-order chi connectivity index (χ0) is 20.8. The molecule has 2 fully saturated rings. The van der Waals surface area contributed by atoms with Crippen LogP contribution in [0, 0.1) is 5.92 Å². The van der Waals surface area contributed by atoms with Crippen LogP contribution in [0.15, 0.2) is 24.3 Å². The molecule has 3 aliphatic rings. The molecule has 7 nitrogen and oxygen atoms in total. The number of amides is 2. The van der Waals surface area contributed by atoms with Crippen molar-refractivity contribution in [2.24, 2.45) is 5.92 Å². The van der Waals surface area contributed by atoms with Gasteiger partial charge in [0.05, 0.1) is 11.5 Å². The summed E-state index contributed by atoms with van der Waals surface area (Å²) in [6.45, 7) is 6.97. The summed E-state index contributed by atoms with van der Waals surface area (Å²) in [4.78, 5) is 32.0. The highest BCUT2D eigenvalue weighted by atomic mass is 32.2. The second-order valence-electron chi connectivity index (χ2n) is 8.70. The van der Waals surface area contributed by atoms with Crippen molar-refractivity contribution < 1.29 is 18.0 Å². The van der Waals surface area contributed by atoms with Crippen LogP contribution in [0.5, 0.6) is 0 Å². The molecular weight excluding hydrogens is 390 g/mol. The van der Waals surface area contributed by atoms with E-state index in [4.69, 9.17) is 0 Å². The van der Waals surface area contributed by atoms with Crippen LogP contribution in [0.3, 0.4) is 0 Å². The van der Waals surface area contributed by atoms with Gasteiger partial charge in [-0.1, -0.05) is 32.0 Å². The third-order valence-corrected chi connectivity index (χ3v) is 8.17. The standard InChI is InChI=1S/C21H29N3O4S/c1-15(2)19(24-13-16-5-3-4-6-18(16)20(24)25)21(26)23-10-8-22(9-11-23)17-7-12-29(27,28)14-17/h3-6,15,17,19H,7-14H2,1-2H3. The summed E-state index contributed by atoms with van der Waals surface area (Å²) in [6.07, 6.45) is 0.686. The Morgan fingerprint density at radius 1 is 1.10 bits per heavy atom. The number of sulfone groups is 1. The van der Waals surface area contributed by atoms with Gasteiger partial charge < -0.3 is 9.80 Å². The van der Waals surface area contributed by atoms with Crippen molar-refractivity contribution in [2.45, 2.75) is 38.9 Å². The molecule has 0 aliphatic carbocycles. The summed E-state index contributed by atoms with van der Waals surface area (Å²) >= 11 is 0. The summed E-state index contributed by atoms with van der Waals surface area (Å²) in [6, 6.07) is 7.15. The lowest BCUT2D eigenvalue weighted by Crippen LogP contribution is -2.57. The van der Waals surface area contributed by atoms with E-state index < -0.39 is 15.9 Å². The zero-order valence-corrected chi connectivity index (χ0v) is 17.9. The molecular formula is C21H29N3O4S. The van der Waals surface area contributed by atoms with Gasteiger partial charge in [0, 0.05) is 44.3 Å². The SMILES string of the molecule is CC(C)C(C(=O)N1CCN(C2CCS(=O)(=O)C2)CC1)N1Cc2ccccc2C1=O. The van der Waals surface area contributed by atoms with Gasteiger partial charge in [-0.2, -0.15) is 0 Å². The van der Waals surface area contributed by atoms with Crippen LogP contribution < -0.4 is 0 Å². The van der Waals surface area contributed by atoms with Gasteiger partial charge in [-0.3, -0.25) is 14.5 Å². The van der Waals surface area contributed by atoms with Gasteiger partial charge in [0.15, 0.2) is 9.84 Å². The minimum Gasteiger partial charge on any atom is -0.338 e. The third-order valence-electron chi connectivity index (χ3n) is 6.42. The fourth-order valence-electron chi connectivity index (χ4n) is 4.84. The number of piperazine rings is 1. The summed E-state index contributed by atoms with van der Waals surface area (Å²) in [7, 11) is -2.91. The smallest absolute Gasteiger partial charge is 0.255 e. The molecule has 0 saturated carbocycles. The van der Waals surface area contributed by atoms with E-state index in [-0.39, 0.29) is 35.3 Å². The van der Waals surface area contributed by atoms with Crippen LogP contribution in [0.4, 0.5) is 0 Å². The van der Waals surface area contributed by atoms with Crippen molar-refractivity contribution in [2.75, 3.05) is 37.7 Å². The molecule has 2 unspecified atom stereocenters. The lowest BCUT2D eigenvalue weighted by Gasteiger charge is -2.41. The van der Waals surface area contributed by atoms with Crippen LogP contribution >= 0.6 is 0 Å². The van der Waals surface area contributed by atoms with E-state index in [1.165, 1.54) is 0 Å². The molecule has 0 N–H and O–H groups in total. The van der Waals surface area contributed by atoms with E-state index in [1.807, 2.05) is 43.0 Å². The number of benzene rings is 1.